The molecule has 2 fully saturated rings. The van der Waals surface area contributed by atoms with E-state index in [-0.39, 0.29) is 12.3 Å². The molecule has 1 aromatic carbocycles. The minimum absolute atomic E-state index is 0.229. The van der Waals surface area contributed by atoms with E-state index < -0.39 is 12.0 Å². The van der Waals surface area contributed by atoms with Crippen molar-refractivity contribution in [1.82, 2.24) is 15.3 Å². The van der Waals surface area contributed by atoms with Crippen LogP contribution in [0.4, 0.5) is 5.69 Å². The van der Waals surface area contributed by atoms with Gasteiger partial charge in [0.05, 0.1) is 13.4 Å². The maximum absolute atomic E-state index is 13.8. The van der Waals surface area contributed by atoms with Crippen LogP contribution in [0.15, 0.2) is 24.7 Å². The summed E-state index contributed by atoms with van der Waals surface area (Å²) in [4.78, 5) is 37.2. The molecule has 1 atom stereocenters. The fourth-order valence-corrected chi connectivity index (χ4v) is 5.31. The fraction of sp³-hybridized carbons (Fsp3) is 0.520. The summed E-state index contributed by atoms with van der Waals surface area (Å²) in [6.07, 6.45) is 12.3. The maximum Gasteiger partial charge on any atom is 0.340 e. The lowest BCUT2D eigenvalue weighted by Crippen LogP contribution is -2.43. The number of aromatic nitrogens is 2. The van der Waals surface area contributed by atoms with E-state index in [9.17, 15) is 9.59 Å². The van der Waals surface area contributed by atoms with Crippen LogP contribution in [0.1, 0.15) is 90.4 Å². The molecule has 0 unspecified atom stereocenters. The van der Waals surface area contributed by atoms with Crippen LogP contribution in [-0.2, 0) is 16.0 Å². The number of aromatic amines is 1. The van der Waals surface area contributed by atoms with Gasteiger partial charge >= 0.3 is 11.7 Å². The van der Waals surface area contributed by atoms with Crippen LogP contribution in [0.25, 0.3) is 4.85 Å². The van der Waals surface area contributed by atoms with E-state index in [0.717, 1.165) is 68.2 Å². The molecule has 168 valence electrons. The summed E-state index contributed by atoms with van der Waals surface area (Å²) < 4.78 is 4.97. The van der Waals surface area contributed by atoms with Crippen molar-refractivity contribution in [3.05, 3.63) is 51.9 Å². The number of esters is 1. The Morgan fingerprint density at radius 2 is 1.75 bits per heavy atom. The molecule has 32 heavy (non-hydrogen) atoms. The van der Waals surface area contributed by atoms with Crippen molar-refractivity contribution in [2.75, 3.05) is 7.11 Å². The van der Waals surface area contributed by atoms with Crippen molar-refractivity contribution < 1.29 is 14.3 Å². The average Bonchev–Trinajstić information content (AvgIpc) is 3.60. The van der Waals surface area contributed by atoms with Gasteiger partial charge in [-0.15, -0.1) is 0 Å². The first-order valence-electron chi connectivity index (χ1n) is 11.6. The van der Waals surface area contributed by atoms with Crippen LogP contribution in [0, 0.1) is 6.57 Å². The highest BCUT2D eigenvalue weighted by molar-refractivity contribution is 6.00. The molecule has 2 aliphatic carbocycles. The summed E-state index contributed by atoms with van der Waals surface area (Å²) in [5, 5.41) is 2.96. The molecule has 0 radical (unpaired) electrons. The van der Waals surface area contributed by atoms with Crippen LogP contribution >= 0.6 is 0 Å². The Kier molecular flexibility index (Phi) is 6.89. The van der Waals surface area contributed by atoms with Gasteiger partial charge in [-0.25, -0.2) is 9.78 Å². The molecule has 4 rings (SSSR count). The van der Waals surface area contributed by atoms with Gasteiger partial charge in [-0.2, -0.15) is 0 Å². The van der Waals surface area contributed by atoms with E-state index in [0.29, 0.717) is 23.1 Å². The van der Waals surface area contributed by atoms with E-state index in [1.807, 2.05) is 12.1 Å². The number of ether oxygens (including phenoxy) is 1. The second-order valence-electron chi connectivity index (χ2n) is 8.92. The highest BCUT2D eigenvalue weighted by Crippen LogP contribution is 2.43. The zero-order valence-electron chi connectivity index (χ0n) is 18.6. The Morgan fingerprint density at radius 3 is 2.22 bits per heavy atom. The van der Waals surface area contributed by atoms with Crippen molar-refractivity contribution >= 4 is 17.6 Å². The number of hydrogen-bond donors (Lipinski definition) is 2. The largest absolute Gasteiger partial charge is 0.467 e. The summed E-state index contributed by atoms with van der Waals surface area (Å²) in [5.41, 5.74) is 4.20. The number of carbonyl (C=O) groups excluding carboxylic acids is 2. The summed E-state index contributed by atoms with van der Waals surface area (Å²) >= 11 is 0. The quantitative estimate of drug-likeness (QED) is 0.610. The summed E-state index contributed by atoms with van der Waals surface area (Å²) in [6.45, 7) is 5.68. The SMILES string of the molecule is C#[N+]c1cc(C2CCCC2)c(C(=O)N[C@H](Cc2cnc[nH]2)C(=O)OC)c(C2CCCC2)c1. The molecular formula is C25H31N4O3+. The Labute approximate surface area is 188 Å². The highest BCUT2D eigenvalue weighted by atomic mass is 16.5. The molecule has 0 saturated heterocycles. The molecule has 1 amide bonds. The van der Waals surface area contributed by atoms with Crippen molar-refractivity contribution in [2.24, 2.45) is 0 Å². The van der Waals surface area contributed by atoms with E-state index in [1.165, 1.54) is 7.11 Å². The molecule has 2 aromatic rings. The number of H-pyrrole nitrogens is 1. The number of amides is 1. The lowest BCUT2D eigenvalue weighted by molar-refractivity contribution is -0.142. The maximum atomic E-state index is 13.8. The standard InChI is InChI=1S/C25H30N4O3/c1-26-18-11-20(16-7-3-4-8-16)23(21(12-18)17-9-5-6-10-17)24(30)29-22(25(31)32-2)13-19-14-27-15-28-19/h1,11-12,14-17,22H,3-10,13H2,2H3,(H-,27,28,29,30)/p+1/t22-/m1/s1. The zero-order chi connectivity index (χ0) is 22.5. The number of imidazole rings is 1. The van der Waals surface area contributed by atoms with Gasteiger partial charge in [-0.1, -0.05) is 25.7 Å². The molecule has 7 nitrogen and oxygen atoms in total. The van der Waals surface area contributed by atoms with Crippen molar-refractivity contribution in [3.8, 4) is 6.57 Å². The first-order valence-corrected chi connectivity index (χ1v) is 11.6. The smallest absolute Gasteiger partial charge is 0.340 e. The van der Waals surface area contributed by atoms with Crippen molar-refractivity contribution in [2.45, 2.75) is 75.7 Å². The normalized spacial score (nSPS) is 17.8. The minimum Gasteiger partial charge on any atom is -0.467 e. The van der Waals surface area contributed by atoms with Gasteiger partial charge in [0.2, 0.25) is 0 Å². The third-order valence-corrected chi connectivity index (χ3v) is 6.92. The molecule has 2 N–H and O–H groups in total. The number of carbonyl (C=O) groups is 2. The van der Waals surface area contributed by atoms with Crippen LogP contribution in [0.3, 0.4) is 0 Å². The Hall–Kier alpha value is -3.14. The van der Waals surface area contributed by atoms with Gasteiger partial charge in [0.25, 0.3) is 12.5 Å². The van der Waals surface area contributed by atoms with Gasteiger partial charge in [-0.05, 0) is 53.5 Å². The third-order valence-electron chi connectivity index (χ3n) is 6.92. The van der Waals surface area contributed by atoms with E-state index in [1.54, 1.807) is 12.5 Å². The lowest BCUT2D eigenvalue weighted by Gasteiger charge is -2.23. The average molecular weight is 436 g/mol. The molecular weight excluding hydrogens is 404 g/mol. The van der Waals surface area contributed by atoms with Gasteiger partial charge in [-0.3, -0.25) is 4.79 Å². The topological polar surface area (TPSA) is 88.4 Å². The van der Waals surface area contributed by atoms with E-state index in [4.69, 9.17) is 11.3 Å². The van der Waals surface area contributed by atoms with Crippen molar-refractivity contribution in [1.29, 1.82) is 0 Å². The first-order chi connectivity index (χ1) is 15.6. The Bertz CT molecular complexity index is 960. The van der Waals surface area contributed by atoms with E-state index in [2.05, 4.69) is 20.1 Å². The Balaban J connectivity index is 1.72. The monoisotopic (exact) mass is 435 g/mol. The molecule has 0 spiro atoms. The van der Waals surface area contributed by atoms with Crippen LogP contribution in [0.2, 0.25) is 0 Å². The molecule has 2 saturated carbocycles. The second kappa shape index (κ2) is 9.99. The number of nitrogens with zero attached hydrogens (tertiary/aromatic N) is 2. The van der Waals surface area contributed by atoms with Crippen molar-refractivity contribution in [3.63, 3.8) is 0 Å². The number of benzene rings is 1. The summed E-state index contributed by atoms with van der Waals surface area (Å²) in [7, 11) is 1.33. The van der Waals surface area contributed by atoms with Gasteiger partial charge in [0.15, 0.2) is 0 Å². The number of methoxy groups -OCH3 is 1. The van der Waals surface area contributed by atoms with Crippen LogP contribution < -0.4 is 5.32 Å². The van der Waals surface area contributed by atoms with Crippen LogP contribution in [-0.4, -0.2) is 35.0 Å². The number of rotatable bonds is 7. The Morgan fingerprint density at radius 1 is 1.16 bits per heavy atom. The predicted octanol–water partition coefficient (Wildman–Crippen LogP) is 4.83. The lowest BCUT2D eigenvalue weighted by atomic mass is 9.83. The summed E-state index contributed by atoms with van der Waals surface area (Å²) in [6, 6.07) is 3.12. The predicted molar refractivity (Wildman–Crippen MR) is 122 cm³/mol. The van der Waals surface area contributed by atoms with Gasteiger partial charge in [0.1, 0.15) is 6.04 Å². The molecule has 1 aromatic heterocycles. The van der Waals surface area contributed by atoms with Crippen LogP contribution in [0.5, 0.6) is 0 Å². The van der Waals surface area contributed by atoms with Gasteiger partial charge in [0, 0.05) is 36.0 Å². The molecule has 0 aliphatic heterocycles. The molecule has 2 aliphatic rings. The minimum atomic E-state index is -0.806. The number of nitrogens with one attached hydrogen (secondary N) is 2. The second-order valence-corrected chi connectivity index (χ2v) is 8.92. The molecule has 0 bridgehead atoms. The molecule has 7 heteroatoms. The summed E-state index contributed by atoms with van der Waals surface area (Å²) in [5.74, 6) is -0.0952. The fourth-order valence-electron chi connectivity index (χ4n) is 5.31. The highest BCUT2D eigenvalue weighted by Gasteiger charge is 2.33. The third kappa shape index (κ3) is 4.69. The van der Waals surface area contributed by atoms with E-state index >= 15 is 0 Å². The van der Waals surface area contributed by atoms with Gasteiger partial charge < -0.3 is 15.0 Å². The number of hydrogen-bond acceptors (Lipinski definition) is 4. The molecule has 1 heterocycles. The zero-order valence-corrected chi connectivity index (χ0v) is 18.6. The first kappa shape index (κ1) is 22.1.